The van der Waals surface area contributed by atoms with E-state index in [1.807, 2.05) is 0 Å². The van der Waals surface area contributed by atoms with Crippen LogP contribution < -0.4 is 0 Å². The van der Waals surface area contributed by atoms with Gasteiger partial charge >= 0.3 is 8.32 Å². The van der Waals surface area contributed by atoms with Crippen molar-refractivity contribution < 1.29 is 4.43 Å². The average Bonchev–Trinajstić information content (AvgIpc) is 2.19. The summed E-state index contributed by atoms with van der Waals surface area (Å²) in [5, 5.41) is 17.8. The fourth-order valence-corrected chi connectivity index (χ4v) is 3.70. The largest absolute Gasteiger partial charge is 0.415 e. The second kappa shape index (κ2) is 4.41. The van der Waals surface area contributed by atoms with Crippen LogP contribution in [0.3, 0.4) is 0 Å². The molecule has 70 valence electrons. The Morgan fingerprint density at radius 2 is 2.15 bits per heavy atom. The van der Waals surface area contributed by atoms with E-state index in [2.05, 4.69) is 18.3 Å². The van der Waals surface area contributed by atoms with Crippen LogP contribution in [0.4, 0.5) is 0 Å². The lowest BCUT2D eigenvalue weighted by Gasteiger charge is -2.29. The van der Waals surface area contributed by atoms with Crippen molar-refractivity contribution in [2.24, 2.45) is 0 Å². The molecule has 0 aromatic rings. The Labute approximate surface area is 80.1 Å². The van der Waals surface area contributed by atoms with Crippen molar-refractivity contribution in [2.75, 3.05) is 0 Å². The third kappa shape index (κ3) is 2.30. The molecule has 0 aromatic heterocycles. The molecule has 1 unspecified atom stereocenters. The Morgan fingerprint density at radius 1 is 1.46 bits per heavy atom. The molecule has 1 heterocycles. The molecule has 0 aliphatic carbocycles. The predicted molar refractivity (Wildman–Crippen MR) is 50.8 cm³/mol. The smallest absolute Gasteiger partial charge is 0.391 e. The normalized spacial score (nSPS) is 25.9. The van der Waals surface area contributed by atoms with Gasteiger partial charge in [0.2, 0.25) is 0 Å². The Kier molecular flexibility index (Phi) is 3.47. The first-order valence-corrected chi connectivity index (χ1v) is 6.88. The maximum Gasteiger partial charge on any atom is 0.415 e. The highest BCUT2D eigenvalue weighted by Gasteiger charge is 2.42. The summed E-state index contributed by atoms with van der Waals surface area (Å²) in [7, 11) is -2.62. The van der Waals surface area contributed by atoms with Gasteiger partial charge in [-0.2, -0.15) is 0 Å². The van der Waals surface area contributed by atoms with Crippen LogP contribution in [-0.2, 0) is 4.43 Å². The van der Waals surface area contributed by atoms with Crippen LogP contribution in [0.25, 0.3) is 0 Å². The monoisotopic (exact) mass is 194 g/mol. The summed E-state index contributed by atoms with van der Waals surface area (Å²) in [6.45, 7) is 2.10. The highest BCUT2D eigenvalue weighted by molar-refractivity contribution is 6.88. The SMILES string of the molecule is CCCC1CCC[Si](C#N)(C#N)O1. The summed E-state index contributed by atoms with van der Waals surface area (Å²) in [6, 6.07) is 0.695. The van der Waals surface area contributed by atoms with E-state index in [9.17, 15) is 0 Å². The molecule has 0 aromatic carbocycles. The average molecular weight is 194 g/mol. The topological polar surface area (TPSA) is 56.8 Å². The first-order valence-electron chi connectivity index (χ1n) is 4.76. The Bertz CT molecular complexity index is 237. The first-order chi connectivity index (χ1) is 6.26. The molecular weight excluding hydrogens is 180 g/mol. The molecule has 0 amide bonds. The Hall–Kier alpha value is -0.843. The van der Waals surface area contributed by atoms with E-state index in [-0.39, 0.29) is 6.10 Å². The minimum Gasteiger partial charge on any atom is -0.391 e. The van der Waals surface area contributed by atoms with Crippen molar-refractivity contribution in [1.29, 1.82) is 10.5 Å². The number of hydrogen-bond acceptors (Lipinski definition) is 3. The van der Waals surface area contributed by atoms with Crippen LogP contribution in [0.2, 0.25) is 6.04 Å². The molecule has 0 spiro atoms. The lowest BCUT2D eigenvalue weighted by molar-refractivity contribution is 0.157. The van der Waals surface area contributed by atoms with Crippen molar-refractivity contribution >= 4 is 8.32 Å². The number of nitriles is 2. The molecule has 1 fully saturated rings. The van der Waals surface area contributed by atoms with Gasteiger partial charge in [0.25, 0.3) is 0 Å². The summed E-state index contributed by atoms with van der Waals surface area (Å²) in [5.74, 6) is 0. The van der Waals surface area contributed by atoms with Crippen molar-refractivity contribution in [3.05, 3.63) is 0 Å². The van der Waals surface area contributed by atoms with Crippen molar-refractivity contribution in [3.63, 3.8) is 0 Å². The van der Waals surface area contributed by atoms with E-state index >= 15 is 0 Å². The first kappa shape index (κ1) is 10.2. The van der Waals surface area contributed by atoms with Gasteiger partial charge in [-0.25, -0.2) is 10.5 Å². The summed E-state index contributed by atoms with van der Waals surface area (Å²) >= 11 is 0. The highest BCUT2D eigenvalue weighted by atomic mass is 28.4. The maximum atomic E-state index is 8.89. The van der Waals surface area contributed by atoms with Gasteiger partial charge in [0.05, 0.1) is 11.4 Å². The second-order valence-corrected chi connectivity index (χ2v) is 6.31. The van der Waals surface area contributed by atoms with Crippen LogP contribution in [0.5, 0.6) is 0 Å². The van der Waals surface area contributed by atoms with Crippen LogP contribution in [0.1, 0.15) is 32.6 Å². The van der Waals surface area contributed by atoms with Gasteiger partial charge in [-0.15, -0.1) is 0 Å². The number of rotatable bonds is 2. The quantitative estimate of drug-likeness (QED) is 0.632. The van der Waals surface area contributed by atoms with Gasteiger partial charge in [0, 0.05) is 6.10 Å². The zero-order valence-electron chi connectivity index (χ0n) is 7.92. The lowest BCUT2D eigenvalue weighted by Crippen LogP contribution is -2.43. The maximum absolute atomic E-state index is 8.89. The molecule has 1 rings (SSSR count). The zero-order valence-corrected chi connectivity index (χ0v) is 8.92. The van der Waals surface area contributed by atoms with Gasteiger partial charge in [-0.3, -0.25) is 0 Å². The van der Waals surface area contributed by atoms with Crippen LogP contribution in [-0.4, -0.2) is 14.4 Å². The van der Waals surface area contributed by atoms with E-state index < -0.39 is 8.32 Å². The molecule has 0 saturated carbocycles. The van der Waals surface area contributed by atoms with Crippen LogP contribution in [0, 0.1) is 21.9 Å². The Morgan fingerprint density at radius 3 is 2.69 bits per heavy atom. The van der Waals surface area contributed by atoms with Crippen molar-refractivity contribution in [2.45, 2.75) is 44.8 Å². The molecule has 1 saturated heterocycles. The minimum absolute atomic E-state index is 0.171. The molecule has 3 nitrogen and oxygen atoms in total. The highest BCUT2D eigenvalue weighted by Crippen LogP contribution is 2.27. The molecule has 1 aliphatic rings. The van der Waals surface area contributed by atoms with Crippen LogP contribution in [0.15, 0.2) is 0 Å². The van der Waals surface area contributed by atoms with E-state index in [0.29, 0.717) is 6.04 Å². The third-order valence-electron chi connectivity index (χ3n) is 2.39. The summed E-state index contributed by atoms with van der Waals surface area (Å²) in [5.41, 5.74) is 4.22. The van der Waals surface area contributed by atoms with E-state index in [4.69, 9.17) is 14.9 Å². The number of hydrogen-bond donors (Lipinski definition) is 0. The second-order valence-electron chi connectivity index (χ2n) is 3.47. The summed E-state index contributed by atoms with van der Waals surface area (Å²) in [6.07, 6.45) is 4.22. The molecule has 13 heavy (non-hydrogen) atoms. The summed E-state index contributed by atoms with van der Waals surface area (Å²) < 4.78 is 5.63. The van der Waals surface area contributed by atoms with Gasteiger partial charge in [0.1, 0.15) is 0 Å². The van der Waals surface area contributed by atoms with E-state index in [1.54, 1.807) is 0 Å². The predicted octanol–water partition coefficient (Wildman–Crippen LogP) is 2.04. The molecule has 1 atom stereocenters. The lowest BCUT2D eigenvalue weighted by atomic mass is 10.1. The molecule has 0 radical (unpaired) electrons. The van der Waals surface area contributed by atoms with Gasteiger partial charge in [-0.1, -0.05) is 13.3 Å². The van der Waals surface area contributed by atoms with Crippen molar-refractivity contribution in [3.8, 4) is 11.4 Å². The zero-order chi connectivity index (χ0) is 9.73. The third-order valence-corrected chi connectivity index (χ3v) is 4.91. The molecule has 0 bridgehead atoms. The minimum atomic E-state index is -2.62. The van der Waals surface area contributed by atoms with Gasteiger partial charge < -0.3 is 4.43 Å². The van der Waals surface area contributed by atoms with Gasteiger partial charge in [-0.05, 0) is 25.3 Å². The summed E-state index contributed by atoms with van der Waals surface area (Å²) in [4.78, 5) is 0. The fraction of sp³-hybridized carbons (Fsp3) is 0.778. The molecule has 1 aliphatic heterocycles. The van der Waals surface area contributed by atoms with E-state index in [1.165, 1.54) is 0 Å². The van der Waals surface area contributed by atoms with Crippen molar-refractivity contribution in [1.82, 2.24) is 0 Å². The molecular formula is C9H14N2OSi. The molecule has 4 heteroatoms. The molecule has 0 N–H and O–H groups in total. The van der Waals surface area contributed by atoms with E-state index in [0.717, 1.165) is 25.7 Å². The van der Waals surface area contributed by atoms with Crippen LogP contribution >= 0.6 is 0 Å². The fourth-order valence-electron chi connectivity index (χ4n) is 1.70. The number of nitrogens with zero attached hydrogens (tertiary/aromatic N) is 2. The van der Waals surface area contributed by atoms with Gasteiger partial charge in [0.15, 0.2) is 0 Å². The Balaban J connectivity index is 2.61. The standard InChI is InChI=1S/C9H14N2OSi/c1-2-4-9-5-3-6-13(7-10,8-11)12-9/h9H,2-6H2,1H3.